The van der Waals surface area contributed by atoms with Crippen molar-refractivity contribution < 1.29 is 14.3 Å². The number of likely N-dealkylation sites (tertiary alicyclic amines) is 1. The molecule has 2 heterocycles. The normalized spacial score (nSPS) is 15.7. The molecule has 1 aliphatic heterocycles. The van der Waals surface area contributed by atoms with Gasteiger partial charge in [0.05, 0.1) is 7.11 Å². The number of rotatable bonds is 5. The number of benzene rings is 3. The maximum atomic E-state index is 13.2. The second-order valence-corrected chi connectivity index (χ2v) is 15.3. The number of nitrogens with zero attached hydrogens (tertiary/aromatic N) is 2. The Hall–Kier alpha value is -3.64. The van der Waals surface area contributed by atoms with E-state index in [4.69, 9.17) is 14.5 Å². The number of methoxy groups -OCH3 is 1. The maximum absolute atomic E-state index is 13.2. The number of hydrogen-bond donors (Lipinski definition) is 0. The summed E-state index contributed by atoms with van der Waals surface area (Å²) in [7, 11) is 1.77. The van der Waals surface area contributed by atoms with E-state index in [0.717, 1.165) is 29.2 Å². The van der Waals surface area contributed by atoms with Crippen LogP contribution in [-0.4, -0.2) is 42.8 Å². The second-order valence-electron chi connectivity index (χ2n) is 14.2. The first-order valence-electron chi connectivity index (χ1n) is 15.7. The van der Waals surface area contributed by atoms with Crippen molar-refractivity contribution in [2.75, 3.05) is 26.8 Å². The van der Waals surface area contributed by atoms with Gasteiger partial charge in [0.2, 0.25) is 0 Å². The fourth-order valence-corrected chi connectivity index (χ4v) is 7.80. The topological polar surface area (TPSA) is 51.7 Å². The smallest absolute Gasteiger partial charge is 0.409 e. The van der Waals surface area contributed by atoms with Crippen molar-refractivity contribution in [2.24, 2.45) is 0 Å². The van der Waals surface area contributed by atoms with Crippen LogP contribution in [0.25, 0.3) is 21.7 Å². The summed E-state index contributed by atoms with van der Waals surface area (Å²) < 4.78 is 11.9. The van der Waals surface area contributed by atoms with Gasteiger partial charge in [0.15, 0.2) is 0 Å². The molecule has 3 aromatic carbocycles. The first-order valence-corrected chi connectivity index (χ1v) is 16.6. The van der Waals surface area contributed by atoms with E-state index in [-0.39, 0.29) is 22.8 Å². The zero-order valence-electron chi connectivity index (χ0n) is 27.1. The standard InChI is InChI=1S/C38H44N2O3S/c1-37(2,3)31-20-25(21-32(34(31)42-7)38(4,5)6)35-39-22-33(44-35)24-16-18-40(19-17-24)36(41)43-23-30-28-14-10-8-12-26(28)27-13-9-11-15-29(27)30/h8-15,20-22,24,30H,16-19,23H2,1-7H3. The third-order valence-electron chi connectivity index (χ3n) is 9.17. The van der Waals surface area contributed by atoms with Crippen molar-refractivity contribution in [3.8, 4) is 27.4 Å². The van der Waals surface area contributed by atoms with E-state index in [1.54, 1.807) is 18.4 Å². The Morgan fingerprint density at radius 2 is 1.43 bits per heavy atom. The van der Waals surface area contributed by atoms with Gasteiger partial charge in [-0.25, -0.2) is 9.78 Å². The van der Waals surface area contributed by atoms with Crippen LogP contribution in [0.5, 0.6) is 5.75 Å². The summed E-state index contributed by atoms with van der Waals surface area (Å²) in [4.78, 5) is 21.2. The highest BCUT2D eigenvalue weighted by Crippen LogP contribution is 2.46. The van der Waals surface area contributed by atoms with Gasteiger partial charge in [-0.2, -0.15) is 0 Å². The Morgan fingerprint density at radius 1 is 0.886 bits per heavy atom. The van der Waals surface area contributed by atoms with E-state index >= 15 is 0 Å². The Labute approximate surface area is 266 Å². The molecule has 0 saturated carbocycles. The predicted octanol–water partition coefficient (Wildman–Crippen LogP) is 9.54. The number of aromatic nitrogens is 1. The van der Waals surface area contributed by atoms with Gasteiger partial charge in [0.25, 0.3) is 0 Å². The lowest BCUT2D eigenvalue weighted by Crippen LogP contribution is -2.38. The molecule has 6 heteroatoms. The highest BCUT2D eigenvalue weighted by atomic mass is 32.1. The Bertz CT molecular complexity index is 1590. The van der Waals surface area contributed by atoms with E-state index in [1.165, 1.54) is 38.3 Å². The molecule has 0 radical (unpaired) electrons. The molecule has 0 unspecified atom stereocenters. The molecule has 5 nitrogen and oxygen atoms in total. The van der Waals surface area contributed by atoms with E-state index in [2.05, 4.69) is 102 Å². The van der Waals surface area contributed by atoms with Crippen molar-refractivity contribution in [3.05, 3.63) is 94.0 Å². The second kappa shape index (κ2) is 11.7. The third-order valence-corrected chi connectivity index (χ3v) is 10.4. The number of carbonyl (C=O) groups is 1. The Balaban J connectivity index is 1.12. The zero-order chi connectivity index (χ0) is 31.2. The molecule has 0 bridgehead atoms. The molecule has 1 aliphatic carbocycles. The number of ether oxygens (including phenoxy) is 2. The van der Waals surface area contributed by atoms with Crippen LogP contribution in [0.3, 0.4) is 0 Å². The average Bonchev–Trinajstić information content (AvgIpc) is 3.62. The van der Waals surface area contributed by atoms with E-state index in [9.17, 15) is 4.79 Å². The third kappa shape index (κ3) is 5.77. The number of carbonyl (C=O) groups excluding carboxylic acids is 1. The van der Waals surface area contributed by atoms with Crippen LogP contribution in [0.1, 0.15) is 93.4 Å². The fraction of sp³-hybridized carbons (Fsp3) is 0.421. The van der Waals surface area contributed by atoms with Gasteiger partial charge >= 0.3 is 6.09 Å². The van der Waals surface area contributed by atoms with Crippen LogP contribution in [0.4, 0.5) is 4.79 Å². The maximum Gasteiger partial charge on any atom is 0.409 e. The van der Waals surface area contributed by atoms with Gasteiger partial charge in [0.1, 0.15) is 17.4 Å². The summed E-state index contributed by atoms with van der Waals surface area (Å²) >= 11 is 1.78. The lowest BCUT2D eigenvalue weighted by molar-refractivity contribution is 0.0905. The van der Waals surface area contributed by atoms with Crippen LogP contribution in [0, 0.1) is 0 Å². The van der Waals surface area contributed by atoms with Crippen LogP contribution < -0.4 is 4.74 Å². The molecule has 2 aliphatic rings. The summed E-state index contributed by atoms with van der Waals surface area (Å²) in [6.45, 7) is 15.2. The quantitative estimate of drug-likeness (QED) is 0.226. The minimum atomic E-state index is -0.210. The van der Waals surface area contributed by atoms with Gasteiger partial charge in [-0.3, -0.25) is 0 Å². The van der Waals surface area contributed by atoms with Gasteiger partial charge in [-0.05, 0) is 64.0 Å². The molecule has 0 atom stereocenters. The minimum Gasteiger partial charge on any atom is -0.496 e. The van der Waals surface area contributed by atoms with Gasteiger partial charge < -0.3 is 14.4 Å². The van der Waals surface area contributed by atoms with Crippen LogP contribution in [0.15, 0.2) is 66.9 Å². The molecule has 1 saturated heterocycles. The Morgan fingerprint density at radius 3 is 1.95 bits per heavy atom. The zero-order valence-corrected chi connectivity index (χ0v) is 27.9. The van der Waals surface area contributed by atoms with E-state index in [0.29, 0.717) is 25.6 Å². The van der Waals surface area contributed by atoms with Crippen molar-refractivity contribution in [1.82, 2.24) is 9.88 Å². The molecule has 1 aromatic heterocycles. The molecule has 230 valence electrons. The first kappa shape index (κ1) is 30.4. The number of hydrogen-bond acceptors (Lipinski definition) is 5. The van der Waals surface area contributed by atoms with E-state index in [1.807, 2.05) is 11.1 Å². The summed E-state index contributed by atoms with van der Waals surface area (Å²) in [5.74, 6) is 1.45. The first-order chi connectivity index (χ1) is 21.0. The fourth-order valence-electron chi connectivity index (χ4n) is 6.73. The van der Waals surface area contributed by atoms with Gasteiger partial charge in [0, 0.05) is 46.8 Å². The number of amides is 1. The lowest BCUT2D eigenvalue weighted by Gasteiger charge is -2.31. The monoisotopic (exact) mass is 608 g/mol. The molecule has 44 heavy (non-hydrogen) atoms. The molecule has 0 spiro atoms. The van der Waals surface area contributed by atoms with Crippen LogP contribution >= 0.6 is 11.3 Å². The summed E-state index contributed by atoms with van der Waals surface area (Å²) in [6, 6.07) is 21.4. The molecule has 1 fully saturated rings. The van der Waals surface area contributed by atoms with Crippen molar-refractivity contribution >= 4 is 17.4 Å². The highest BCUT2D eigenvalue weighted by molar-refractivity contribution is 7.15. The Kier molecular flexibility index (Phi) is 8.08. The van der Waals surface area contributed by atoms with Crippen molar-refractivity contribution in [2.45, 2.75) is 77.0 Å². The number of thiazole rings is 1. The van der Waals surface area contributed by atoms with Gasteiger partial charge in [-0.1, -0.05) is 90.1 Å². The highest BCUT2D eigenvalue weighted by Gasteiger charge is 2.32. The summed E-state index contributed by atoms with van der Waals surface area (Å²) in [6.07, 6.45) is 3.66. The number of piperidine rings is 1. The molecule has 4 aromatic rings. The van der Waals surface area contributed by atoms with Gasteiger partial charge in [-0.15, -0.1) is 11.3 Å². The molecule has 1 amide bonds. The molecular formula is C38H44N2O3S. The summed E-state index contributed by atoms with van der Waals surface area (Å²) in [5, 5.41) is 1.04. The van der Waals surface area contributed by atoms with Crippen LogP contribution in [-0.2, 0) is 15.6 Å². The minimum absolute atomic E-state index is 0.0621. The molecule has 0 N–H and O–H groups in total. The van der Waals surface area contributed by atoms with Crippen molar-refractivity contribution in [3.63, 3.8) is 0 Å². The number of fused-ring (bicyclic) bond motifs is 3. The van der Waals surface area contributed by atoms with Crippen LogP contribution in [0.2, 0.25) is 0 Å². The summed E-state index contributed by atoms with van der Waals surface area (Å²) in [5.41, 5.74) is 8.39. The van der Waals surface area contributed by atoms with Crippen molar-refractivity contribution in [1.29, 1.82) is 0 Å². The predicted molar refractivity (Wildman–Crippen MR) is 180 cm³/mol. The van der Waals surface area contributed by atoms with E-state index < -0.39 is 0 Å². The molecule has 6 rings (SSSR count). The largest absolute Gasteiger partial charge is 0.496 e. The molecular weight excluding hydrogens is 564 g/mol. The lowest BCUT2D eigenvalue weighted by atomic mass is 9.78. The SMILES string of the molecule is COc1c(C(C)(C)C)cc(-c2ncc(C3CCN(C(=O)OCC4c5ccccc5-c5ccccc54)CC3)s2)cc1C(C)(C)C. The average molecular weight is 609 g/mol.